The minimum Gasteiger partial charge on any atom is -0.385 e. The van der Waals surface area contributed by atoms with Gasteiger partial charge in [0.1, 0.15) is 5.82 Å². The Hall–Kier alpha value is -0.970. The van der Waals surface area contributed by atoms with Crippen LogP contribution in [0.15, 0.2) is 29.3 Å². The van der Waals surface area contributed by atoms with Gasteiger partial charge in [-0.1, -0.05) is 12.1 Å². The van der Waals surface area contributed by atoms with Crippen molar-refractivity contribution in [3.8, 4) is 0 Å². The average Bonchev–Trinajstić information content (AvgIpc) is 2.71. The van der Waals surface area contributed by atoms with Crippen molar-refractivity contribution in [2.45, 2.75) is 25.3 Å². The molecule has 1 unspecified atom stereocenters. The predicted octanol–water partition coefficient (Wildman–Crippen LogP) is 2.80. The zero-order valence-corrected chi connectivity index (χ0v) is 19.3. The van der Waals surface area contributed by atoms with Gasteiger partial charge < -0.3 is 20.1 Å². The lowest BCUT2D eigenvalue weighted by atomic mass is 10.0. The van der Waals surface area contributed by atoms with Crippen LogP contribution in [-0.2, 0) is 9.47 Å². The van der Waals surface area contributed by atoms with Crippen LogP contribution in [0.4, 0.5) is 4.39 Å². The molecule has 1 atom stereocenters. The van der Waals surface area contributed by atoms with Crippen molar-refractivity contribution >= 4 is 29.9 Å². The van der Waals surface area contributed by atoms with Gasteiger partial charge in [-0.25, -0.2) is 4.39 Å². The molecule has 0 radical (unpaired) electrons. The van der Waals surface area contributed by atoms with Crippen LogP contribution >= 0.6 is 24.0 Å². The fraction of sp³-hybridized carbons (Fsp3) is 0.650. The number of rotatable bonds is 10. The summed E-state index contributed by atoms with van der Waals surface area (Å²) in [5, 5.41) is 6.78. The fourth-order valence-corrected chi connectivity index (χ4v) is 3.20. The number of methoxy groups -OCH3 is 1. The van der Waals surface area contributed by atoms with E-state index in [0.717, 1.165) is 70.2 Å². The van der Waals surface area contributed by atoms with Crippen molar-refractivity contribution in [1.29, 1.82) is 0 Å². The van der Waals surface area contributed by atoms with Crippen LogP contribution in [0.25, 0.3) is 0 Å². The molecule has 160 valence electrons. The highest BCUT2D eigenvalue weighted by Crippen LogP contribution is 2.21. The number of guanidine groups is 1. The zero-order valence-electron chi connectivity index (χ0n) is 17.0. The largest absolute Gasteiger partial charge is 0.385 e. The summed E-state index contributed by atoms with van der Waals surface area (Å²) in [5.74, 6) is 0.584. The first-order valence-corrected chi connectivity index (χ1v) is 9.75. The van der Waals surface area contributed by atoms with Crippen LogP contribution < -0.4 is 10.6 Å². The molecule has 8 heteroatoms. The van der Waals surface area contributed by atoms with Gasteiger partial charge in [0.15, 0.2) is 5.96 Å². The van der Waals surface area contributed by atoms with Crippen molar-refractivity contribution in [2.24, 2.45) is 4.99 Å². The zero-order chi connectivity index (χ0) is 19.3. The summed E-state index contributed by atoms with van der Waals surface area (Å²) in [5.41, 5.74) is 1.10. The van der Waals surface area contributed by atoms with Gasteiger partial charge in [-0.05, 0) is 37.0 Å². The number of ether oxygens (including phenoxy) is 2. The number of aliphatic imine (C=N–C) groups is 1. The molecule has 0 saturated carbocycles. The Morgan fingerprint density at radius 2 is 1.89 bits per heavy atom. The summed E-state index contributed by atoms with van der Waals surface area (Å²) in [7, 11) is 3.51. The molecule has 2 rings (SSSR count). The van der Waals surface area contributed by atoms with Gasteiger partial charge in [0.25, 0.3) is 0 Å². The second kappa shape index (κ2) is 14.9. The van der Waals surface area contributed by atoms with Crippen LogP contribution in [0.1, 0.15) is 30.9 Å². The van der Waals surface area contributed by atoms with Crippen LogP contribution in [0.2, 0.25) is 0 Å². The first-order chi connectivity index (χ1) is 13.2. The van der Waals surface area contributed by atoms with Crippen LogP contribution in [0.3, 0.4) is 0 Å². The second-order valence-electron chi connectivity index (χ2n) is 6.65. The van der Waals surface area contributed by atoms with E-state index >= 15 is 0 Å². The van der Waals surface area contributed by atoms with Crippen molar-refractivity contribution in [3.63, 3.8) is 0 Å². The molecule has 1 saturated heterocycles. The molecular weight excluding hydrogens is 474 g/mol. The van der Waals surface area contributed by atoms with E-state index in [9.17, 15) is 4.39 Å². The number of hydrogen-bond acceptors (Lipinski definition) is 4. The van der Waals surface area contributed by atoms with Crippen molar-refractivity contribution < 1.29 is 13.9 Å². The van der Waals surface area contributed by atoms with Crippen LogP contribution in [0.5, 0.6) is 0 Å². The van der Waals surface area contributed by atoms with Crippen LogP contribution in [0, 0.1) is 5.82 Å². The second-order valence-corrected chi connectivity index (χ2v) is 6.65. The highest BCUT2D eigenvalue weighted by atomic mass is 127. The lowest BCUT2D eigenvalue weighted by Gasteiger charge is -2.35. The maximum absolute atomic E-state index is 13.3. The van der Waals surface area contributed by atoms with E-state index in [1.165, 1.54) is 12.1 Å². The van der Waals surface area contributed by atoms with Crippen molar-refractivity contribution in [1.82, 2.24) is 15.5 Å². The number of halogens is 2. The molecule has 1 fully saturated rings. The number of hydrogen-bond donors (Lipinski definition) is 2. The SMILES string of the molecule is CN=C(NCCCCCOC)NCC(c1ccc(F)cc1)N1CCOCC1.I. The summed E-state index contributed by atoms with van der Waals surface area (Å²) in [6.07, 6.45) is 3.28. The number of nitrogens with zero attached hydrogens (tertiary/aromatic N) is 2. The third-order valence-electron chi connectivity index (χ3n) is 4.75. The first-order valence-electron chi connectivity index (χ1n) is 9.75. The molecular formula is C20H34FIN4O2. The third kappa shape index (κ3) is 9.02. The quantitative estimate of drug-likeness (QED) is 0.221. The van der Waals surface area contributed by atoms with E-state index in [1.54, 1.807) is 14.2 Å². The smallest absolute Gasteiger partial charge is 0.191 e. The Bertz CT molecular complexity index is 554. The molecule has 1 aromatic rings. The minimum absolute atomic E-state index is 0. The van der Waals surface area contributed by atoms with E-state index < -0.39 is 0 Å². The topological polar surface area (TPSA) is 58.1 Å². The maximum atomic E-state index is 13.3. The van der Waals surface area contributed by atoms with E-state index in [4.69, 9.17) is 9.47 Å². The lowest BCUT2D eigenvalue weighted by Crippen LogP contribution is -2.46. The minimum atomic E-state index is -0.210. The summed E-state index contributed by atoms with van der Waals surface area (Å²) in [4.78, 5) is 6.69. The highest BCUT2D eigenvalue weighted by Gasteiger charge is 2.23. The number of benzene rings is 1. The Morgan fingerprint density at radius 3 is 2.54 bits per heavy atom. The molecule has 1 aliphatic rings. The Morgan fingerprint density at radius 1 is 1.18 bits per heavy atom. The monoisotopic (exact) mass is 508 g/mol. The first kappa shape index (κ1) is 25.1. The van der Waals surface area contributed by atoms with Gasteiger partial charge in [0.2, 0.25) is 0 Å². The molecule has 1 aromatic carbocycles. The number of morpholine rings is 1. The van der Waals surface area contributed by atoms with E-state index in [0.29, 0.717) is 6.54 Å². The Balaban J connectivity index is 0.00000392. The molecule has 0 amide bonds. The summed E-state index contributed by atoms with van der Waals surface area (Å²) in [6, 6.07) is 6.92. The van der Waals surface area contributed by atoms with Crippen molar-refractivity contribution in [2.75, 3.05) is 60.2 Å². The van der Waals surface area contributed by atoms with E-state index in [-0.39, 0.29) is 35.8 Å². The Labute approximate surface area is 185 Å². The van der Waals surface area contributed by atoms with E-state index in [2.05, 4.69) is 20.5 Å². The van der Waals surface area contributed by atoms with Gasteiger partial charge in [-0.15, -0.1) is 24.0 Å². The molecule has 0 bridgehead atoms. The van der Waals surface area contributed by atoms with Gasteiger partial charge in [-0.3, -0.25) is 9.89 Å². The van der Waals surface area contributed by atoms with Gasteiger partial charge in [0.05, 0.1) is 19.3 Å². The molecule has 0 aromatic heterocycles. The maximum Gasteiger partial charge on any atom is 0.191 e. The predicted molar refractivity (Wildman–Crippen MR) is 122 cm³/mol. The molecule has 6 nitrogen and oxygen atoms in total. The molecule has 0 spiro atoms. The summed E-state index contributed by atoms with van der Waals surface area (Å²) in [6.45, 7) is 5.59. The normalized spacial score (nSPS) is 16.3. The van der Waals surface area contributed by atoms with Crippen LogP contribution in [-0.4, -0.2) is 71.0 Å². The molecule has 2 N–H and O–H groups in total. The van der Waals surface area contributed by atoms with Crippen molar-refractivity contribution in [3.05, 3.63) is 35.6 Å². The lowest BCUT2D eigenvalue weighted by molar-refractivity contribution is 0.0170. The van der Waals surface area contributed by atoms with Gasteiger partial charge >= 0.3 is 0 Å². The molecule has 1 aliphatic heterocycles. The number of nitrogens with one attached hydrogen (secondary N) is 2. The van der Waals surface area contributed by atoms with E-state index in [1.807, 2.05) is 12.1 Å². The summed E-state index contributed by atoms with van der Waals surface area (Å²) < 4.78 is 23.9. The molecule has 28 heavy (non-hydrogen) atoms. The van der Waals surface area contributed by atoms with Gasteiger partial charge in [0, 0.05) is 46.9 Å². The standard InChI is InChI=1S/C20H33FN4O2.HI/c1-22-20(23-10-4-3-5-13-26-2)24-16-19(25-11-14-27-15-12-25)17-6-8-18(21)9-7-17;/h6-9,19H,3-5,10-16H2,1-2H3,(H2,22,23,24);1H. The number of unbranched alkanes of at least 4 members (excludes halogenated alkanes) is 2. The summed E-state index contributed by atoms with van der Waals surface area (Å²) >= 11 is 0. The molecule has 1 heterocycles. The highest BCUT2D eigenvalue weighted by molar-refractivity contribution is 14.0. The molecule has 0 aliphatic carbocycles. The van der Waals surface area contributed by atoms with Gasteiger partial charge in [-0.2, -0.15) is 0 Å². The fourth-order valence-electron chi connectivity index (χ4n) is 3.20. The Kier molecular flexibility index (Phi) is 13.4. The third-order valence-corrected chi connectivity index (χ3v) is 4.75. The average molecular weight is 508 g/mol.